The van der Waals surface area contributed by atoms with Crippen molar-refractivity contribution in [1.82, 2.24) is 4.98 Å². The SMILES string of the molecule is CCc1ccc(-c2sc(C)nc2N)cc1. The van der Waals surface area contributed by atoms with Gasteiger partial charge in [-0.1, -0.05) is 31.2 Å². The molecule has 0 saturated carbocycles. The highest BCUT2D eigenvalue weighted by Gasteiger charge is 2.07. The summed E-state index contributed by atoms with van der Waals surface area (Å²) >= 11 is 1.64. The van der Waals surface area contributed by atoms with Gasteiger partial charge in [0.2, 0.25) is 0 Å². The summed E-state index contributed by atoms with van der Waals surface area (Å²) in [6.07, 6.45) is 1.07. The zero-order valence-electron chi connectivity index (χ0n) is 8.95. The van der Waals surface area contributed by atoms with Gasteiger partial charge in [-0.15, -0.1) is 11.3 Å². The van der Waals surface area contributed by atoms with Crippen LogP contribution in [-0.4, -0.2) is 4.98 Å². The number of nitrogens with two attached hydrogens (primary N) is 1. The van der Waals surface area contributed by atoms with Crippen LogP contribution in [0.2, 0.25) is 0 Å². The maximum atomic E-state index is 5.84. The number of aromatic nitrogens is 1. The lowest BCUT2D eigenvalue weighted by atomic mass is 10.1. The Hall–Kier alpha value is -1.35. The van der Waals surface area contributed by atoms with E-state index in [-0.39, 0.29) is 0 Å². The molecule has 78 valence electrons. The third kappa shape index (κ3) is 2.02. The average Bonchev–Trinajstić information content (AvgIpc) is 2.58. The van der Waals surface area contributed by atoms with E-state index in [4.69, 9.17) is 5.73 Å². The molecule has 3 heteroatoms. The summed E-state index contributed by atoms with van der Waals surface area (Å²) in [5.74, 6) is 0.641. The smallest absolute Gasteiger partial charge is 0.142 e. The molecule has 0 aliphatic carbocycles. The van der Waals surface area contributed by atoms with Crippen molar-refractivity contribution in [3.63, 3.8) is 0 Å². The zero-order chi connectivity index (χ0) is 10.8. The molecular weight excluding hydrogens is 204 g/mol. The van der Waals surface area contributed by atoms with Crippen LogP contribution in [0.5, 0.6) is 0 Å². The largest absolute Gasteiger partial charge is 0.382 e. The molecule has 0 amide bonds. The molecule has 0 bridgehead atoms. The fraction of sp³-hybridized carbons (Fsp3) is 0.250. The zero-order valence-corrected chi connectivity index (χ0v) is 9.77. The number of nitrogen functional groups attached to an aromatic ring is 1. The van der Waals surface area contributed by atoms with Gasteiger partial charge in [-0.3, -0.25) is 0 Å². The van der Waals surface area contributed by atoms with E-state index in [1.165, 1.54) is 5.56 Å². The highest BCUT2D eigenvalue weighted by Crippen LogP contribution is 2.31. The third-order valence-corrected chi connectivity index (χ3v) is 3.42. The van der Waals surface area contributed by atoms with Gasteiger partial charge in [-0.2, -0.15) is 0 Å². The number of thiazole rings is 1. The number of anilines is 1. The van der Waals surface area contributed by atoms with Gasteiger partial charge < -0.3 is 5.73 Å². The summed E-state index contributed by atoms with van der Waals surface area (Å²) in [5.41, 5.74) is 8.35. The molecular formula is C12H14N2S. The van der Waals surface area contributed by atoms with E-state index >= 15 is 0 Å². The van der Waals surface area contributed by atoms with Crippen molar-refractivity contribution in [2.24, 2.45) is 0 Å². The highest BCUT2D eigenvalue weighted by atomic mass is 32.1. The Balaban J connectivity index is 2.41. The van der Waals surface area contributed by atoms with Crippen molar-refractivity contribution < 1.29 is 0 Å². The van der Waals surface area contributed by atoms with Crippen molar-refractivity contribution in [2.75, 3.05) is 5.73 Å². The molecule has 0 saturated heterocycles. The number of hydrogen-bond acceptors (Lipinski definition) is 3. The predicted molar refractivity (Wildman–Crippen MR) is 66.1 cm³/mol. The topological polar surface area (TPSA) is 38.9 Å². The van der Waals surface area contributed by atoms with Crippen LogP contribution >= 0.6 is 11.3 Å². The summed E-state index contributed by atoms with van der Waals surface area (Å²) < 4.78 is 0. The maximum Gasteiger partial charge on any atom is 0.142 e. The molecule has 0 aliphatic rings. The lowest BCUT2D eigenvalue weighted by Gasteiger charge is -2.00. The second kappa shape index (κ2) is 4.03. The molecule has 1 aromatic heterocycles. The molecule has 0 atom stereocenters. The molecule has 2 N–H and O–H groups in total. The highest BCUT2D eigenvalue weighted by molar-refractivity contribution is 7.15. The van der Waals surface area contributed by atoms with Gasteiger partial charge in [0.1, 0.15) is 5.82 Å². The van der Waals surface area contributed by atoms with Crippen LogP contribution in [0.4, 0.5) is 5.82 Å². The second-order valence-corrected chi connectivity index (χ2v) is 4.70. The Morgan fingerprint density at radius 2 is 1.93 bits per heavy atom. The van der Waals surface area contributed by atoms with Crippen LogP contribution in [0.25, 0.3) is 10.4 Å². The van der Waals surface area contributed by atoms with Gasteiger partial charge >= 0.3 is 0 Å². The van der Waals surface area contributed by atoms with Gasteiger partial charge in [-0.25, -0.2) is 4.98 Å². The first kappa shape index (κ1) is 10.2. The van der Waals surface area contributed by atoms with E-state index in [9.17, 15) is 0 Å². The Labute approximate surface area is 93.8 Å². The van der Waals surface area contributed by atoms with Crippen molar-refractivity contribution in [3.8, 4) is 10.4 Å². The predicted octanol–water partition coefficient (Wildman–Crippen LogP) is 3.26. The quantitative estimate of drug-likeness (QED) is 0.840. The summed E-state index contributed by atoms with van der Waals surface area (Å²) in [7, 11) is 0. The van der Waals surface area contributed by atoms with Gasteiger partial charge in [0, 0.05) is 0 Å². The van der Waals surface area contributed by atoms with Crippen molar-refractivity contribution in [2.45, 2.75) is 20.3 Å². The molecule has 1 heterocycles. The first-order valence-corrected chi connectivity index (χ1v) is 5.84. The molecule has 0 spiro atoms. The van der Waals surface area contributed by atoms with Gasteiger partial charge in [-0.05, 0) is 24.5 Å². The van der Waals surface area contributed by atoms with Crippen LogP contribution in [0.3, 0.4) is 0 Å². The van der Waals surface area contributed by atoms with Gasteiger partial charge in [0.05, 0.1) is 9.88 Å². The second-order valence-electron chi connectivity index (χ2n) is 3.50. The lowest BCUT2D eigenvalue weighted by molar-refractivity contribution is 1.14. The van der Waals surface area contributed by atoms with E-state index in [1.54, 1.807) is 11.3 Å². The van der Waals surface area contributed by atoms with Crippen LogP contribution < -0.4 is 5.73 Å². The molecule has 15 heavy (non-hydrogen) atoms. The molecule has 2 rings (SSSR count). The lowest BCUT2D eigenvalue weighted by Crippen LogP contribution is -1.87. The molecule has 1 aromatic carbocycles. The van der Waals surface area contributed by atoms with Crippen LogP contribution in [0, 0.1) is 6.92 Å². The maximum absolute atomic E-state index is 5.84. The van der Waals surface area contributed by atoms with E-state index in [2.05, 4.69) is 36.2 Å². The van der Waals surface area contributed by atoms with E-state index in [1.807, 2.05) is 6.92 Å². The van der Waals surface area contributed by atoms with Crippen molar-refractivity contribution in [3.05, 3.63) is 34.8 Å². The monoisotopic (exact) mass is 218 g/mol. The average molecular weight is 218 g/mol. The fourth-order valence-electron chi connectivity index (χ4n) is 1.54. The number of nitrogens with zero attached hydrogens (tertiary/aromatic N) is 1. The first-order chi connectivity index (χ1) is 7.20. The first-order valence-electron chi connectivity index (χ1n) is 5.03. The number of rotatable bonds is 2. The molecule has 2 aromatic rings. The molecule has 0 unspecified atom stereocenters. The fourth-order valence-corrected chi connectivity index (χ4v) is 2.39. The molecule has 0 aliphatic heterocycles. The minimum absolute atomic E-state index is 0.641. The van der Waals surface area contributed by atoms with Crippen molar-refractivity contribution >= 4 is 17.2 Å². The van der Waals surface area contributed by atoms with Crippen LogP contribution in [0.15, 0.2) is 24.3 Å². The third-order valence-electron chi connectivity index (χ3n) is 2.38. The van der Waals surface area contributed by atoms with Gasteiger partial charge in [0.25, 0.3) is 0 Å². The Morgan fingerprint density at radius 1 is 1.27 bits per heavy atom. The molecule has 2 nitrogen and oxygen atoms in total. The minimum atomic E-state index is 0.641. The Bertz CT molecular complexity index is 457. The van der Waals surface area contributed by atoms with E-state index in [0.29, 0.717) is 5.82 Å². The van der Waals surface area contributed by atoms with Crippen LogP contribution in [-0.2, 0) is 6.42 Å². The number of benzene rings is 1. The van der Waals surface area contributed by atoms with E-state index < -0.39 is 0 Å². The summed E-state index contributed by atoms with van der Waals surface area (Å²) in [5, 5.41) is 1.02. The van der Waals surface area contributed by atoms with Crippen molar-refractivity contribution in [1.29, 1.82) is 0 Å². The number of hydrogen-bond donors (Lipinski definition) is 1. The van der Waals surface area contributed by atoms with Gasteiger partial charge in [0.15, 0.2) is 0 Å². The summed E-state index contributed by atoms with van der Waals surface area (Å²) in [6, 6.07) is 8.51. The normalized spacial score (nSPS) is 10.5. The summed E-state index contributed by atoms with van der Waals surface area (Å²) in [4.78, 5) is 5.31. The molecule has 0 radical (unpaired) electrons. The van der Waals surface area contributed by atoms with E-state index in [0.717, 1.165) is 21.9 Å². The van der Waals surface area contributed by atoms with Crippen LogP contribution in [0.1, 0.15) is 17.5 Å². The number of aryl methyl sites for hydroxylation is 2. The molecule has 0 fully saturated rings. The summed E-state index contributed by atoms with van der Waals surface area (Å²) in [6.45, 7) is 4.13. The standard InChI is InChI=1S/C12H14N2S/c1-3-9-4-6-10(7-5-9)11-12(13)14-8(2)15-11/h4-7H,3,13H2,1-2H3. The minimum Gasteiger partial charge on any atom is -0.382 e. The Kier molecular flexibility index (Phi) is 2.73. The Morgan fingerprint density at radius 3 is 2.40 bits per heavy atom.